The van der Waals surface area contributed by atoms with Crippen molar-refractivity contribution in [3.8, 4) is 0 Å². The van der Waals surface area contributed by atoms with E-state index in [9.17, 15) is 4.79 Å². The van der Waals surface area contributed by atoms with Crippen LogP contribution in [-0.2, 0) is 20.3 Å². The second-order valence-electron chi connectivity index (χ2n) is 0.427. The Balaban J connectivity index is 2.80. The van der Waals surface area contributed by atoms with Crippen molar-refractivity contribution in [2.75, 3.05) is 0 Å². The van der Waals surface area contributed by atoms with Crippen molar-refractivity contribution in [2.45, 2.75) is 6.92 Å². The zero-order valence-electron chi connectivity index (χ0n) is 2.22. The molecule has 0 amide bonds. The van der Waals surface area contributed by atoms with Crippen molar-refractivity contribution < 1.29 is 20.3 Å². The number of carbonyl (C=O) groups excluding carboxylic acids is 1. The molecule has 0 aliphatic heterocycles. The first-order valence-electron chi connectivity index (χ1n) is 0.862. The molecule has 0 saturated heterocycles. The minimum atomic E-state index is -0.208. The van der Waals surface area contributed by atoms with Crippen LogP contribution in [-0.4, -0.2) is 4.75 Å². The van der Waals surface area contributed by atoms with Crippen LogP contribution in [0.2, 0.25) is 0 Å². The topological polar surface area (TPSA) is 17.1 Å². The van der Waals surface area contributed by atoms with Crippen molar-refractivity contribution in [2.24, 2.45) is 0 Å². The van der Waals surface area contributed by atoms with E-state index in [1.165, 1.54) is 6.92 Å². The van der Waals surface area contributed by atoms with Gasteiger partial charge in [-0.3, -0.25) is 0 Å². The quantitative estimate of drug-likeness (QED) is 0.395. The fourth-order valence-electron chi connectivity index (χ4n) is 0. The van der Waals surface area contributed by atoms with Crippen LogP contribution in [0.4, 0.5) is 0 Å². The van der Waals surface area contributed by atoms with E-state index in [0.29, 0.717) is 0 Å². The molecule has 0 rings (SSSR count). The molecule has 0 saturated carbocycles. The van der Waals surface area contributed by atoms with E-state index in [2.05, 4.69) is 15.5 Å². The summed E-state index contributed by atoms with van der Waals surface area (Å²) in [5.41, 5.74) is 0. The fraction of sp³-hybridized carbons (Fsp3) is 0.500. The molecule has 0 heterocycles. The molecule has 4 heavy (non-hydrogen) atoms. The second kappa shape index (κ2) is 1.48. The molecule has 0 radical (unpaired) electrons. The van der Waals surface area contributed by atoms with E-state index < -0.39 is 0 Å². The fourth-order valence-corrected chi connectivity index (χ4v) is 0. The monoisotopic (exact) mass is 101 g/mol. The van der Waals surface area contributed by atoms with Crippen molar-refractivity contribution in [3.05, 3.63) is 0 Å². The van der Waals surface area contributed by atoms with Crippen molar-refractivity contribution in [1.29, 1.82) is 0 Å². The van der Waals surface area contributed by atoms with Crippen LogP contribution in [0, 0.1) is 0 Å². The van der Waals surface area contributed by atoms with E-state index in [-0.39, 0.29) is 4.75 Å². The molecule has 27 valence electrons. The van der Waals surface area contributed by atoms with E-state index in [1.54, 1.807) is 0 Å². The average molecular weight is 102 g/mol. The van der Waals surface area contributed by atoms with Crippen LogP contribution in [0.25, 0.3) is 0 Å². The standard InChI is InChI=1S/C2H3O.Ni/c1-2-3;/h1H3;. The Morgan fingerprint density at radius 2 is 2.00 bits per heavy atom. The zero-order chi connectivity index (χ0) is 3.58. The normalized spacial score (nSPS) is 6.75. The summed E-state index contributed by atoms with van der Waals surface area (Å²) in [6.07, 6.45) is 0. The van der Waals surface area contributed by atoms with E-state index >= 15 is 0 Å². The average Bonchev–Trinajstić information content (AvgIpc) is 0.811. The van der Waals surface area contributed by atoms with Gasteiger partial charge in [0.1, 0.15) is 0 Å². The van der Waals surface area contributed by atoms with Gasteiger partial charge in [-0.2, -0.15) is 0 Å². The van der Waals surface area contributed by atoms with Gasteiger partial charge in [0.25, 0.3) is 0 Å². The first-order chi connectivity index (χ1) is 1.73. The maximum atomic E-state index is 9.28. The summed E-state index contributed by atoms with van der Waals surface area (Å²) in [6, 6.07) is 0. The number of hydrogen-bond acceptors (Lipinski definition) is 1. The van der Waals surface area contributed by atoms with Gasteiger partial charge in [-0.25, -0.2) is 0 Å². The molecule has 0 aromatic heterocycles. The molecule has 0 aromatic carbocycles. The van der Waals surface area contributed by atoms with Crippen LogP contribution in [0.1, 0.15) is 6.92 Å². The van der Waals surface area contributed by atoms with Crippen LogP contribution in [0.3, 0.4) is 0 Å². The molecule has 0 spiro atoms. The summed E-state index contributed by atoms with van der Waals surface area (Å²) < 4.78 is -0.208. The zero-order valence-corrected chi connectivity index (χ0v) is 3.21. The molecular weight excluding hydrogens is 98.7 g/mol. The Hall–Kier alpha value is 0.164. The van der Waals surface area contributed by atoms with Gasteiger partial charge < -0.3 is 0 Å². The third kappa shape index (κ3) is 110. The number of rotatable bonds is 0. The molecule has 0 fully saturated rings. The van der Waals surface area contributed by atoms with Gasteiger partial charge in [0.2, 0.25) is 0 Å². The molecule has 1 nitrogen and oxygen atoms in total. The summed E-state index contributed by atoms with van der Waals surface area (Å²) in [7, 11) is 0. The predicted octanol–water partition coefficient (Wildman–Crippen LogP) is 0.0797. The van der Waals surface area contributed by atoms with Gasteiger partial charge in [-0.15, -0.1) is 0 Å². The van der Waals surface area contributed by atoms with E-state index in [1.807, 2.05) is 0 Å². The Labute approximate surface area is 32.8 Å². The Kier molecular flexibility index (Phi) is 1.54. The SMILES string of the molecule is C[C](=O)[Ni]. The van der Waals surface area contributed by atoms with Gasteiger partial charge in [0, 0.05) is 0 Å². The van der Waals surface area contributed by atoms with Crippen molar-refractivity contribution in [3.63, 3.8) is 0 Å². The van der Waals surface area contributed by atoms with Crippen molar-refractivity contribution >= 4 is 4.75 Å². The van der Waals surface area contributed by atoms with Gasteiger partial charge in [0.15, 0.2) is 0 Å². The summed E-state index contributed by atoms with van der Waals surface area (Å²) >= 11 is 3.74. The van der Waals surface area contributed by atoms with Gasteiger partial charge >= 0.3 is 31.9 Å². The molecule has 0 unspecified atom stereocenters. The van der Waals surface area contributed by atoms with E-state index in [4.69, 9.17) is 0 Å². The molecule has 0 aliphatic carbocycles. The van der Waals surface area contributed by atoms with Gasteiger partial charge in [-0.1, -0.05) is 0 Å². The van der Waals surface area contributed by atoms with Gasteiger partial charge in [0.05, 0.1) is 0 Å². The first kappa shape index (κ1) is 4.16. The third-order valence-electron chi connectivity index (χ3n) is 0. The molecule has 0 N–H and O–H groups in total. The molecule has 2 heteroatoms. The molecule has 0 atom stereocenters. The van der Waals surface area contributed by atoms with Gasteiger partial charge in [-0.05, 0) is 0 Å². The van der Waals surface area contributed by atoms with Crippen LogP contribution in [0.5, 0.6) is 0 Å². The Morgan fingerprint density at radius 3 is 2.00 bits per heavy atom. The second-order valence-corrected chi connectivity index (χ2v) is 1.12. The number of carbonyl (C=O) groups is 1. The number of hydrogen-bond donors (Lipinski definition) is 0. The summed E-state index contributed by atoms with van der Waals surface area (Å²) in [5.74, 6) is 0. The summed E-state index contributed by atoms with van der Waals surface area (Å²) in [5, 5.41) is 0. The van der Waals surface area contributed by atoms with Crippen LogP contribution < -0.4 is 0 Å². The minimum absolute atomic E-state index is 0.208. The molecular formula is C2H3NiO. The summed E-state index contributed by atoms with van der Waals surface area (Å²) in [6.45, 7) is 1.36. The summed E-state index contributed by atoms with van der Waals surface area (Å²) in [4.78, 5) is 9.28. The van der Waals surface area contributed by atoms with E-state index in [0.717, 1.165) is 0 Å². The Morgan fingerprint density at radius 1 is 2.00 bits per heavy atom. The van der Waals surface area contributed by atoms with Crippen LogP contribution >= 0.6 is 0 Å². The molecule has 0 aliphatic rings. The van der Waals surface area contributed by atoms with Crippen molar-refractivity contribution in [1.82, 2.24) is 0 Å². The first-order valence-corrected chi connectivity index (χ1v) is 1.36. The predicted molar refractivity (Wildman–Crippen MR) is 10.7 cm³/mol. The molecule has 0 bridgehead atoms. The maximum absolute atomic E-state index is 9.28. The third-order valence-corrected chi connectivity index (χ3v) is 0. The Bertz CT molecular complexity index is 29.0. The molecule has 0 aromatic rings. The van der Waals surface area contributed by atoms with Crippen LogP contribution in [0.15, 0.2) is 0 Å².